The second-order valence-electron chi connectivity index (χ2n) is 6.44. The monoisotopic (exact) mass is 338 g/mol. The second kappa shape index (κ2) is 9.62. The lowest BCUT2D eigenvalue weighted by Crippen LogP contribution is -2.40. The summed E-state index contributed by atoms with van der Waals surface area (Å²) in [5, 5.41) is 5.86. The van der Waals surface area contributed by atoms with Gasteiger partial charge >= 0.3 is 0 Å². The molecule has 2 atom stereocenters. The van der Waals surface area contributed by atoms with Crippen LogP contribution < -0.4 is 10.6 Å². The molecule has 2 aromatic carbocycles. The van der Waals surface area contributed by atoms with E-state index in [0.29, 0.717) is 5.56 Å². The normalized spacial score (nSPS) is 12.9. The van der Waals surface area contributed by atoms with Gasteiger partial charge in [0.25, 0.3) is 5.91 Å². The van der Waals surface area contributed by atoms with Crippen LogP contribution in [0.5, 0.6) is 0 Å². The van der Waals surface area contributed by atoms with Crippen LogP contribution in [-0.2, 0) is 11.2 Å². The van der Waals surface area contributed by atoms with Gasteiger partial charge in [-0.1, -0.05) is 48.5 Å². The van der Waals surface area contributed by atoms with Gasteiger partial charge < -0.3 is 10.6 Å². The minimum atomic E-state index is -0.214. The number of aryl methyl sites for hydroxylation is 1. The summed E-state index contributed by atoms with van der Waals surface area (Å²) in [5.74, 6) is -0.195. The van der Waals surface area contributed by atoms with Crippen molar-refractivity contribution in [2.75, 3.05) is 0 Å². The summed E-state index contributed by atoms with van der Waals surface area (Å²) in [4.78, 5) is 24.2. The van der Waals surface area contributed by atoms with Gasteiger partial charge in [-0.15, -0.1) is 0 Å². The van der Waals surface area contributed by atoms with Crippen LogP contribution in [0.1, 0.15) is 42.6 Å². The number of nitrogens with one attached hydrogen (secondary N) is 2. The van der Waals surface area contributed by atoms with Crippen LogP contribution in [0.3, 0.4) is 0 Å². The first-order chi connectivity index (χ1) is 12.0. The van der Waals surface area contributed by atoms with Gasteiger partial charge in [-0.05, 0) is 44.4 Å². The average Bonchev–Trinajstić information content (AvgIpc) is 2.61. The van der Waals surface area contributed by atoms with Crippen molar-refractivity contribution >= 4 is 11.8 Å². The molecular formula is C21H26N2O2. The summed E-state index contributed by atoms with van der Waals surface area (Å²) < 4.78 is 0. The Morgan fingerprint density at radius 3 is 2.08 bits per heavy atom. The van der Waals surface area contributed by atoms with Crippen molar-refractivity contribution in [1.82, 2.24) is 10.6 Å². The van der Waals surface area contributed by atoms with Crippen LogP contribution >= 0.6 is 0 Å². The highest BCUT2D eigenvalue weighted by Crippen LogP contribution is 2.05. The van der Waals surface area contributed by atoms with Crippen molar-refractivity contribution in [3.8, 4) is 0 Å². The number of carbonyl (C=O) groups is 2. The van der Waals surface area contributed by atoms with E-state index in [1.54, 1.807) is 12.1 Å². The van der Waals surface area contributed by atoms with Gasteiger partial charge in [0.15, 0.2) is 0 Å². The van der Waals surface area contributed by atoms with Gasteiger partial charge in [0.1, 0.15) is 0 Å². The molecule has 0 unspecified atom stereocenters. The predicted molar refractivity (Wildman–Crippen MR) is 100 cm³/mol. The third kappa shape index (κ3) is 6.79. The summed E-state index contributed by atoms with van der Waals surface area (Å²) in [6.45, 7) is 3.85. The van der Waals surface area contributed by atoms with Gasteiger partial charge in [-0.25, -0.2) is 0 Å². The van der Waals surface area contributed by atoms with E-state index < -0.39 is 0 Å². The Hall–Kier alpha value is -2.62. The summed E-state index contributed by atoms with van der Waals surface area (Å²) in [5.41, 5.74) is 1.87. The smallest absolute Gasteiger partial charge is 0.251 e. The third-order valence-electron chi connectivity index (χ3n) is 4.02. The van der Waals surface area contributed by atoms with Crippen LogP contribution in [0.15, 0.2) is 60.7 Å². The van der Waals surface area contributed by atoms with Crippen LogP contribution in [0.25, 0.3) is 0 Å². The minimum absolute atomic E-state index is 0.0403. The molecular weight excluding hydrogens is 312 g/mol. The summed E-state index contributed by atoms with van der Waals surface area (Å²) in [6.07, 6.45) is 2.09. The molecule has 0 bridgehead atoms. The fraction of sp³-hybridized carbons (Fsp3) is 0.333. The number of benzene rings is 2. The second-order valence-corrected chi connectivity index (χ2v) is 6.44. The van der Waals surface area contributed by atoms with Gasteiger partial charge in [-0.3, -0.25) is 9.59 Å². The number of hydrogen-bond donors (Lipinski definition) is 2. The molecule has 0 aliphatic heterocycles. The fourth-order valence-electron chi connectivity index (χ4n) is 2.66. The molecule has 0 spiro atoms. The molecule has 2 aromatic rings. The van der Waals surface area contributed by atoms with E-state index >= 15 is 0 Å². The van der Waals surface area contributed by atoms with Crippen molar-refractivity contribution in [1.29, 1.82) is 0 Å². The maximum atomic E-state index is 12.1. The topological polar surface area (TPSA) is 58.2 Å². The molecule has 0 aliphatic rings. The molecule has 0 saturated carbocycles. The fourth-order valence-corrected chi connectivity index (χ4v) is 2.66. The van der Waals surface area contributed by atoms with Gasteiger partial charge in [0.05, 0.1) is 0 Å². The molecule has 0 fully saturated rings. The van der Waals surface area contributed by atoms with E-state index in [0.717, 1.165) is 12.8 Å². The Labute approximate surface area is 149 Å². The highest BCUT2D eigenvalue weighted by atomic mass is 16.2. The molecule has 4 nitrogen and oxygen atoms in total. The number of hydrogen-bond acceptors (Lipinski definition) is 2. The first-order valence-corrected chi connectivity index (χ1v) is 8.74. The molecule has 0 radical (unpaired) electrons. The van der Waals surface area contributed by atoms with E-state index in [1.807, 2.05) is 50.2 Å². The van der Waals surface area contributed by atoms with E-state index in [-0.39, 0.29) is 30.3 Å². The molecule has 2 rings (SSSR count). The summed E-state index contributed by atoms with van der Waals surface area (Å²) in [6, 6.07) is 19.1. The Balaban J connectivity index is 1.70. The number of carbonyl (C=O) groups excluding carboxylic acids is 2. The maximum absolute atomic E-state index is 12.1. The van der Waals surface area contributed by atoms with E-state index in [2.05, 4.69) is 22.8 Å². The Morgan fingerprint density at radius 2 is 1.44 bits per heavy atom. The Bertz CT molecular complexity index is 671. The molecule has 25 heavy (non-hydrogen) atoms. The van der Waals surface area contributed by atoms with Crippen LogP contribution in [-0.4, -0.2) is 23.9 Å². The van der Waals surface area contributed by atoms with Gasteiger partial charge in [0.2, 0.25) is 5.91 Å². The van der Waals surface area contributed by atoms with Crippen LogP contribution in [0, 0.1) is 0 Å². The maximum Gasteiger partial charge on any atom is 0.251 e. The van der Waals surface area contributed by atoms with Crippen molar-refractivity contribution in [2.24, 2.45) is 0 Å². The summed E-state index contributed by atoms with van der Waals surface area (Å²) in [7, 11) is 0. The number of amides is 2. The summed E-state index contributed by atoms with van der Waals surface area (Å²) >= 11 is 0. The number of rotatable bonds is 8. The molecule has 0 heterocycles. The lowest BCUT2D eigenvalue weighted by atomic mass is 10.1. The van der Waals surface area contributed by atoms with Crippen molar-refractivity contribution < 1.29 is 9.59 Å². The van der Waals surface area contributed by atoms with Crippen LogP contribution in [0.4, 0.5) is 0 Å². The highest BCUT2D eigenvalue weighted by Gasteiger charge is 2.14. The van der Waals surface area contributed by atoms with Crippen molar-refractivity contribution in [3.05, 3.63) is 71.8 Å². The lowest BCUT2D eigenvalue weighted by Gasteiger charge is -2.17. The van der Waals surface area contributed by atoms with Gasteiger partial charge in [-0.2, -0.15) is 0 Å². The minimum Gasteiger partial charge on any atom is -0.354 e. The predicted octanol–water partition coefficient (Wildman–Crippen LogP) is 3.33. The van der Waals surface area contributed by atoms with E-state index in [1.165, 1.54) is 5.56 Å². The quantitative estimate of drug-likeness (QED) is 0.776. The van der Waals surface area contributed by atoms with Crippen molar-refractivity contribution in [2.45, 2.75) is 45.2 Å². The first kappa shape index (κ1) is 18.7. The molecule has 0 saturated heterocycles. The third-order valence-corrected chi connectivity index (χ3v) is 4.02. The lowest BCUT2D eigenvalue weighted by molar-refractivity contribution is -0.122. The molecule has 2 amide bonds. The molecule has 2 N–H and O–H groups in total. The highest BCUT2D eigenvalue weighted by molar-refractivity contribution is 5.94. The Kier molecular flexibility index (Phi) is 7.20. The van der Waals surface area contributed by atoms with Crippen LogP contribution in [0.2, 0.25) is 0 Å². The zero-order valence-electron chi connectivity index (χ0n) is 14.9. The van der Waals surface area contributed by atoms with Crippen molar-refractivity contribution in [3.63, 3.8) is 0 Å². The van der Waals surface area contributed by atoms with Gasteiger partial charge in [0, 0.05) is 24.1 Å². The standard InChI is InChI=1S/C21H26N2O2/c1-16(13-14-18-9-5-3-6-10-18)22-20(24)15-17(2)23-21(25)19-11-7-4-8-12-19/h3-12,16-17H,13-15H2,1-2H3,(H,22,24)(H,23,25)/t16-,17-/m1/s1. The molecule has 132 valence electrons. The first-order valence-electron chi connectivity index (χ1n) is 8.74. The largest absolute Gasteiger partial charge is 0.354 e. The van der Waals surface area contributed by atoms with E-state index in [4.69, 9.17) is 0 Å². The van der Waals surface area contributed by atoms with E-state index in [9.17, 15) is 9.59 Å². The zero-order valence-corrected chi connectivity index (χ0v) is 14.9. The molecule has 4 heteroatoms. The SMILES string of the molecule is C[C@H](CCc1ccccc1)NC(=O)C[C@@H](C)NC(=O)c1ccccc1. The molecule has 0 aliphatic carbocycles. The molecule has 0 aromatic heterocycles. The Morgan fingerprint density at radius 1 is 0.840 bits per heavy atom. The average molecular weight is 338 g/mol. The zero-order chi connectivity index (χ0) is 18.1.